The Morgan fingerprint density at radius 3 is 1.82 bits per heavy atom. The van der Waals surface area contributed by atoms with Gasteiger partial charge < -0.3 is 9.47 Å². The fourth-order valence-electron chi connectivity index (χ4n) is 8.61. The number of aromatic nitrogens is 1. The molecule has 0 radical (unpaired) electrons. The molecule has 0 amide bonds. The second kappa shape index (κ2) is 13.0. The second-order valence-electron chi connectivity index (χ2n) is 14.7. The van der Waals surface area contributed by atoms with Gasteiger partial charge in [-0.15, -0.1) is 0 Å². The van der Waals surface area contributed by atoms with Gasteiger partial charge in [-0.1, -0.05) is 159 Å². The number of ether oxygens (including phenoxy) is 2. The third-order valence-corrected chi connectivity index (χ3v) is 11.4. The largest absolute Gasteiger partial charge is 0.449 e. The van der Waals surface area contributed by atoms with E-state index < -0.39 is 0 Å². The number of pyridine rings is 1. The van der Waals surface area contributed by atoms with E-state index >= 15 is 0 Å². The lowest BCUT2D eigenvalue weighted by atomic mass is 9.92. The van der Waals surface area contributed by atoms with Crippen LogP contribution in [0.25, 0.3) is 77.8 Å². The summed E-state index contributed by atoms with van der Waals surface area (Å²) < 4.78 is 13.2. The predicted molar refractivity (Wildman–Crippen MR) is 228 cm³/mol. The van der Waals surface area contributed by atoms with Crippen LogP contribution in [-0.2, 0) is 0 Å². The SMILES string of the molecule is C[C@@H]1c2ccccc2-c2c1ccc1c2Oc2cc(-c3cccc(-c4cc(-c5ccccc5)nc(-c5ccc(-c6ccccc6)c6ccccc56)c4)c3)ccc2O1. The van der Waals surface area contributed by atoms with E-state index in [1.165, 1.54) is 38.6 Å². The van der Waals surface area contributed by atoms with Gasteiger partial charge in [0, 0.05) is 22.6 Å². The Morgan fingerprint density at radius 2 is 1.00 bits per heavy atom. The Kier molecular flexibility index (Phi) is 7.46. The number of rotatable bonds is 5. The summed E-state index contributed by atoms with van der Waals surface area (Å²) in [6.07, 6.45) is 0. The fourth-order valence-corrected chi connectivity index (χ4v) is 8.61. The molecule has 0 N–H and O–H groups in total. The number of benzene rings is 8. The van der Waals surface area contributed by atoms with Gasteiger partial charge in [-0.25, -0.2) is 4.98 Å². The third-order valence-electron chi connectivity index (χ3n) is 11.4. The molecule has 3 heteroatoms. The number of hydrogen-bond acceptors (Lipinski definition) is 3. The molecule has 264 valence electrons. The molecule has 1 aliphatic heterocycles. The molecule has 9 aromatic rings. The zero-order valence-corrected chi connectivity index (χ0v) is 30.7. The summed E-state index contributed by atoms with van der Waals surface area (Å²) in [5.74, 6) is 3.27. The zero-order valence-electron chi connectivity index (χ0n) is 30.7. The van der Waals surface area contributed by atoms with Crippen LogP contribution in [0, 0.1) is 0 Å². The Bertz CT molecular complexity index is 2990. The van der Waals surface area contributed by atoms with Crippen LogP contribution in [-0.4, -0.2) is 4.98 Å². The van der Waals surface area contributed by atoms with Crippen LogP contribution < -0.4 is 9.47 Å². The highest BCUT2D eigenvalue weighted by Gasteiger charge is 2.33. The minimum Gasteiger partial charge on any atom is -0.449 e. The van der Waals surface area contributed by atoms with Crippen molar-refractivity contribution in [3.63, 3.8) is 0 Å². The molecule has 0 unspecified atom stereocenters. The first-order valence-corrected chi connectivity index (χ1v) is 19.2. The van der Waals surface area contributed by atoms with Gasteiger partial charge >= 0.3 is 0 Å². The lowest BCUT2D eigenvalue weighted by molar-refractivity contribution is 0.361. The number of fused-ring (bicyclic) bond motifs is 7. The molecular formula is C53H35NO2. The topological polar surface area (TPSA) is 31.4 Å². The Morgan fingerprint density at radius 1 is 0.375 bits per heavy atom. The highest BCUT2D eigenvalue weighted by Crippen LogP contribution is 2.57. The molecule has 0 saturated heterocycles. The van der Waals surface area contributed by atoms with Crippen molar-refractivity contribution in [3.8, 4) is 90.0 Å². The summed E-state index contributed by atoms with van der Waals surface area (Å²) in [7, 11) is 0. The van der Waals surface area contributed by atoms with Gasteiger partial charge in [0.1, 0.15) is 0 Å². The van der Waals surface area contributed by atoms with Crippen molar-refractivity contribution in [1.82, 2.24) is 4.98 Å². The molecule has 1 atom stereocenters. The standard InChI is InChI=1S/C53H35NO2/c1-33-40-19-8-11-22-46(40)52-41(33)26-28-50-53(52)56-51-32-38(23-27-49(51)55-50)36-17-12-18-37(29-36)39-30-47(35-15-6-3-7-16-35)54-48(31-39)45-25-24-42(34-13-4-2-5-14-34)43-20-9-10-21-44(43)45/h2-33H,1H3/t33-/m1/s1. The van der Waals surface area contributed by atoms with E-state index in [4.69, 9.17) is 14.5 Å². The van der Waals surface area contributed by atoms with Crippen LogP contribution in [0.3, 0.4) is 0 Å². The zero-order chi connectivity index (χ0) is 37.2. The first-order valence-electron chi connectivity index (χ1n) is 19.2. The average molecular weight is 718 g/mol. The van der Waals surface area contributed by atoms with Crippen molar-refractivity contribution in [2.75, 3.05) is 0 Å². The van der Waals surface area contributed by atoms with Gasteiger partial charge in [0.05, 0.1) is 11.4 Å². The molecule has 0 fully saturated rings. The molecule has 2 aliphatic rings. The molecule has 0 bridgehead atoms. The van der Waals surface area contributed by atoms with Crippen LogP contribution in [0.2, 0.25) is 0 Å². The van der Waals surface area contributed by atoms with Gasteiger partial charge in [-0.3, -0.25) is 0 Å². The van der Waals surface area contributed by atoms with Crippen molar-refractivity contribution in [2.24, 2.45) is 0 Å². The molecule has 3 nitrogen and oxygen atoms in total. The van der Waals surface area contributed by atoms with Gasteiger partial charge in [0.15, 0.2) is 23.0 Å². The maximum absolute atomic E-state index is 6.77. The summed E-state index contributed by atoms with van der Waals surface area (Å²) in [6, 6.07) is 66.4. The number of hydrogen-bond donors (Lipinski definition) is 0. The summed E-state index contributed by atoms with van der Waals surface area (Å²) >= 11 is 0. The van der Waals surface area contributed by atoms with Gasteiger partial charge in [-0.2, -0.15) is 0 Å². The Hall–Kier alpha value is -7.23. The van der Waals surface area contributed by atoms with E-state index in [1.54, 1.807) is 0 Å². The van der Waals surface area contributed by atoms with E-state index in [0.29, 0.717) is 17.4 Å². The van der Waals surface area contributed by atoms with Crippen LogP contribution >= 0.6 is 0 Å². The Labute approximate surface area is 326 Å². The van der Waals surface area contributed by atoms with Crippen LogP contribution in [0.5, 0.6) is 23.0 Å². The van der Waals surface area contributed by atoms with E-state index in [9.17, 15) is 0 Å². The Balaban J connectivity index is 1.00. The van der Waals surface area contributed by atoms with Crippen molar-refractivity contribution >= 4 is 10.8 Å². The van der Waals surface area contributed by atoms with Gasteiger partial charge in [0.2, 0.25) is 0 Å². The van der Waals surface area contributed by atoms with Gasteiger partial charge in [-0.05, 0) is 97.2 Å². The van der Waals surface area contributed by atoms with E-state index in [1.807, 2.05) is 18.2 Å². The molecule has 11 rings (SSSR count). The van der Waals surface area contributed by atoms with Crippen molar-refractivity contribution in [2.45, 2.75) is 12.8 Å². The molecule has 56 heavy (non-hydrogen) atoms. The predicted octanol–water partition coefficient (Wildman–Crippen LogP) is 14.6. The second-order valence-corrected chi connectivity index (χ2v) is 14.7. The molecule has 0 saturated carbocycles. The van der Waals surface area contributed by atoms with Crippen molar-refractivity contribution < 1.29 is 9.47 Å². The monoisotopic (exact) mass is 717 g/mol. The molecule has 0 spiro atoms. The smallest absolute Gasteiger partial charge is 0.178 e. The first kappa shape index (κ1) is 32.2. The average Bonchev–Trinajstić information content (AvgIpc) is 3.57. The summed E-state index contributed by atoms with van der Waals surface area (Å²) in [6.45, 7) is 2.26. The molecule has 1 aromatic heterocycles. The minimum atomic E-state index is 0.300. The summed E-state index contributed by atoms with van der Waals surface area (Å²) in [4.78, 5) is 5.31. The third kappa shape index (κ3) is 5.32. The molecule has 8 aromatic carbocycles. The number of nitrogens with zero attached hydrogens (tertiary/aromatic N) is 1. The first-order chi connectivity index (χ1) is 27.7. The van der Waals surface area contributed by atoms with Crippen LogP contribution in [0.4, 0.5) is 0 Å². The highest BCUT2D eigenvalue weighted by atomic mass is 16.6. The fraction of sp³-hybridized carbons (Fsp3) is 0.0377. The summed E-state index contributed by atoms with van der Waals surface area (Å²) in [5, 5.41) is 2.38. The van der Waals surface area contributed by atoms with Crippen molar-refractivity contribution in [3.05, 3.63) is 199 Å². The summed E-state index contributed by atoms with van der Waals surface area (Å²) in [5.41, 5.74) is 15.8. The minimum absolute atomic E-state index is 0.300. The lowest BCUT2D eigenvalue weighted by Crippen LogP contribution is -2.01. The normalized spacial score (nSPS) is 13.6. The highest BCUT2D eigenvalue weighted by molar-refractivity contribution is 6.05. The molecule has 2 heterocycles. The molecular weight excluding hydrogens is 683 g/mol. The lowest BCUT2D eigenvalue weighted by Gasteiger charge is -2.24. The van der Waals surface area contributed by atoms with E-state index in [0.717, 1.165) is 61.8 Å². The molecule has 1 aliphatic carbocycles. The quantitative estimate of drug-likeness (QED) is 0.178. The maximum atomic E-state index is 6.77. The van der Waals surface area contributed by atoms with Crippen LogP contribution in [0.15, 0.2) is 188 Å². The van der Waals surface area contributed by atoms with Crippen LogP contribution in [0.1, 0.15) is 24.0 Å². The van der Waals surface area contributed by atoms with Gasteiger partial charge in [0.25, 0.3) is 0 Å². The maximum Gasteiger partial charge on any atom is 0.178 e. The van der Waals surface area contributed by atoms with Crippen molar-refractivity contribution in [1.29, 1.82) is 0 Å². The van der Waals surface area contributed by atoms with E-state index in [2.05, 4.69) is 177 Å². The van der Waals surface area contributed by atoms with E-state index in [-0.39, 0.29) is 0 Å².